The second kappa shape index (κ2) is 8.38. The maximum Gasteiger partial charge on any atom is 0.0454 e. The average Bonchev–Trinajstić information content (AvgIpc) is 2.48. The molecule has 1 heterocycles. The first-order valence-corrected chi connectivity index (χ1v) is 8.79. The Kier molecular flexibility index (Phi) is 6.82. The molecule has 2 rings (SSSR count). The third-order valence-electron chi connectivity index (χ3n) is 3.99. The first-order valence-electron chi connectivity index (χ1n) is 7.62. The lowest BCUT2D eigenvalue weighted by Crippen LogP contribution is -2.45. The Hall–Kier alpha value is -0.0900. The van der Waals surface area contributed by atoms with Crippen molar-refractivity contribution in [3.05, 3.63) is 33.3 Å². The molecule has 0 aliphatic carbocycles. The molecule has 1 aliphatic rings. The number of hydrogen-bond donors (Lipinski definition) is 1. The molecule has 4 heteroatoms. The van der Waals surface area contributed by atoms with Crippen LogP contribution in [0.2, 0.25) is 5.02 Å². The first kappa shape index (κ1) is 16.3. The summed E-state index contributed by atoms with van der Waals surface area (Å²) in [5, 5.41) is 4.33. The van der Waals surface area contributed by atoms with Crippen LogP contribution in [0.5, 0.6) is 0 Å². The summed E-state index contributed by atoms with van der Waals surface area (Å²) in [5.41, 5.74) is 1.28. The fraction of sp³-hybridized carbons (Fsp3) is 0.625. The van der Waals surface area contributed by atoms with Crippen LogP contribution in [-0.4, -0.2) is 31.1 Å². The van der Waals surface area contributed by atoms with Crippen molar-refractivity contribution in [2.75, 3.05) is 26.2 Å². The minimum Gasteiger partial charge on any atom is -0.314 e. The summed E-state index contributed by atoms with van der Waals surface area (Å²) < 4.78 is 1.12. The third kappa shape index (κ3) is 4.45. The van der Waals surface area contributed by atoms with Gasteiger partial charge in [0.15, 0.2) is 0 Å². The second-order valence-electron chi connectivity index (χ2n) is 5.46. The lowest BCUT2D eigenvalue weighted by Gasteiger charge is -2.36. The van der Waals surface area contributed by atoms with Gasteiger partial charge in [-0.2, -0.15) is 0 Å². The van der Waals surface area contributed by atoms with Gasteiger partial charge in [0.05, 0.1) is 0 Å². The van der Waals surface area contributed by atoms with E-state index in [0.29, 0.717) is 6.04 Å². The minimum atomic E-state index is 0.452. The van der Waals surface area contributed by atoms with Crippen molar-refractivity contribution in [3.8, 4) is 0 Å². The summed E-state index contributed by atoms with van der Waals surface area (Å²) in [6.45, 7) is 6.64. The maximum atomic E-state index is 6.46. The summed E-state index contributed by atoms with van der Waals surface area (Å²) in [6.07, 6.45) is 5.03. The molecule has 0 spiro atoms. The van der Waals surface area contributed by atoms with Gasteiger partial charge in [-0.25, -0.2) is 0 Å². The number of halogens is 2. The Morgan fingerprint density at radius 3 is 2.75 bits per heavy atom. The number of piperazine rings is 1. The summed E-state index contributed by atoms with van der Waals surface area (Å²) in [4.78, 5) is 2.58. The van der Waals surface area contributed by atoms with E-state index in [9.17, 15) is 0 Å². The zero-order valence-corrected chi connectivity index (χ0v) is 14.5. The van der Waals surface area contributed by atoms with Gasteiger partial charge in [-0.15, -0.1) is 0 Å². The largest absolute Gasteiger partial charge is 0.314 e. The Balaban J connectivity index is 2.17. The topological polar surface area (TPSA) is 15.3 Å². The van der Waals surface area contributed by atoms with Gasteiger partial charge < -0.3 is 5.32 Å². The van der Waals surface area contributed by atoms with E-state index in [1.165, 1.54) is 31.2 Å². The molecule has 112 valence electrons. The van der Waals surface area contributed by atoms with E-state index in [4.69, 9.17) is 11.6 Å². The van der Waals surface area contributed by atoms with Crippen molar-refractivity contribution in [1.82, 2.24) is 10.2 Å². The number of hydrogen-bond acceptors (Lipinski definition) is 2. The number of rotatable bonds is 6. The molecule has 0 aromatic heterocycles. The van der Waals surface area contributed by atoms with Crippen molar-refractivity contribution in [3.63, 3.8) is 0 Å². The van der Waals surface area contributed by atoms with Gasteiger partial charge in [0.2, 0.25) is 0 Å². The van der Waals surface area contributed by atoms with Crippen LogP contribution in [0.25, 0.3) is 0 Å². The minimum absolute atomic E-state index is 0.452. The summed E-state index contributed by atoms with van der Waals surface area (Å²) >= 11 is 10.0. The van der Waals surface area contributed by atoms with Gasteiger partial charge in [0.1, 0.15) is 0 Å². The van der Waals surface area contributed by atoms with Gasteiger partial charge in [0, 0.05) is 41.7 Å². The van der Waals surface area contributed by atoms with Crippen LogP contribution in [-0.2, 0) is 0 Å². The molecule has 1 atom stereocenters. The highest BCUT2D eigenvalue weighted by molar-refractivity contribution is 9.10. The van der Waals surface area contributed by atoms with Gasteiger partial charge in [-0.3, -0.25) is 4.90 Å². The van der Waals surface area contributed by atoms with Crippen molar-refractivity contribution >= 4 is 27.5 Å². The standard InChI is InChI=1S/C16H24BrClN2/c1-2-3-4-5-16(20-10-8-19-9-11-20)14-12-13(17)6-7-15(14)18/h6-7,12,16,19H,2-5,8-11H2,1H3/t16-/m1/s1. The predicted molar refractivity (Wildman–Crippen MR) is 90.5 cm³/mol. The number of benzene rings is 1. The van der Waals surface area contributed by atoms with Crippen LogP contribution in [0.3, 0.4) is 0 Å². The number of unbranched alkanes of at least 4 members (excludes halogenated alkanes) is 2. The van der Waals surface area contributed by atoms with E-state index >= 15 is 0 Å². The van der Waals surface area contributed by atoms with Gasteiger partial charge in [-0.05, 0) is 30.2 Å². The predicted octanol–water partition coefficient (Wildman–Crippen LogP) is 4.63. The summed E-state index contributed by atoms with van der Waals surface area (Å²) in [7, 11) is 0. The van der Waals surface area contributed by atoms with Gasteiger partial charge in [-0.1, -0.05) is 53.7 Å². The Morgan fingerprint density at radius 2 is 2.05 bits per heavy atom. The van der Waals surface area contributed by atoms with E-state index < -0.39 is 0 Å². The van der Waals surface area contributed by atoms with Crippen LogP contribution < -0.4 is 5.32 Å². The van der Waals surface area contributed by atoms with Crippen molar-refractivity contribution in [2.24, 2.45) is 0 Å². The third-order valence-corrected chi connectivity index (χ3v) is 4.83. The van der Waals surface area contributed by atoms with Crippen LogP contribution in [0.15, 0.2) is 22.7 Å². The highest BCUT2D eigenvalue weighted by atomic mass is 79.9. The molecule has 1 aromatic rings. The monoisotopic (exact) mass is 358 g/mol. The zero-order valence-electron chi connectivity index (χ0n) is 12.2. The molecule has 1 N–H and O–H groups in total. The lowest BCUT2D eigenvalue weighted by atomic mass is 9.98. The van der Waals surface area contributed by atoms with Crippen molar-refractivity contribution in [1.29, 1.82) is 0 Å². The Labute approximate surface area is 136 Å². The average molecular weight is 360 g/mol. The Morgan fingerprint density at radius 1 is 1.30 bits per heavy atom. The SMILES string of the molecule is CCCCC[C@H](c1cc(Br)ccc1Cl)N1CCNCC1. The smallest absolute Gasteiger partial charge is 0.0454 e. The van der Waals surface area contributed by atoms with E-state index in [-0.39, 0.29) is 0 Å². The van der Waals surface area contributed by atoms with Crippen molar-refractivity contribution in [2.45, 2.75) is 38.6 Å². The molecule has 0 radical (unpaired) electrons. The fourth-order valence-corrected chi connectivity index (χ4v) is 3.51. The number of nitrogens with one attached hydrogen (secondary N) is 1. The number of nitrogens with zero attached hydrogens (tertiary/aromatic N) is 1. The first-order chi connectivity index (χ1) is 9.72. The van der Waals surface area contributed by atoms with Gasteiger partial charge in [0.25, 0.3) is 0 Å². The summed E-state index contributed by atoms with van der Waals surface area (Å²) in [5.74, 6) is 0. The molecule has 0 bridgehead atoms. The second-order valence-corrected chi connectivity index (χ2v) is 6.79. The zero-order chi connectivity index (χ0) is 14.4. The van der Waals surface area contributed by atoms with E-state index in [1.807, 2.05) is 12.1 Å². The summed E-state index contributed by atoms with van der Waals surface area (Å²) in [6, 6.07) is 6.68. The Bertz CT molecular complexity index is 419. The normalized spacial score (nSPS) is 18.1. The van der Waals surface area contributed by atoms with Gasteiger partial charge >= 0.3 is 0 Å². The fourth-order valence-electron chi connectivity index (χ4n) is 2.89. The molecule has 1 saturated heterocycles. The highest BCUT2D eigenvalue weighted by Gasteiger charge is 2.23. The van der Waals surface area contributed by atoms with E-state index in [1.54, 1.807) is 0 Å². The molecule has 20 heavy (non-hydrogen) atoms. The molecule has 0 saturated carbocycles. The highest BCUT2D eigenvalue weighted by Crippen LogP contribution is 2.33. The van der Waals surface area contributed by atoms with Crippen LogP contribution in [0, 0.1) is 0 Å². The van der Waals surface area contributed by atoms with Crippen LogP contribution in [0.4, 0.5) is 0 Å². The van der Waals surface area contributed by atoms with E-state index in [2.05, 4.69) is 39.1 Å². The maximum absolute atomic E-state index is 6.46. The molecular weight excluding hydrogens is 336 g/mol. The molecule has 0 amide bonds. The molecule has 0 unspecified atom stereocenters. The molecule has 1 aliphatic heterocycles. The van der Waals surface area contributed by atoms with Crippen LogP contribution in [0.1, 0.15) is 44.2 Å². The van der Waals surface area contributed by atoms with E-state index in [0.717, 1.165) is 35.7 Å². The molecule has 2 nitrogen and oxygen atoms in total. The molecule has 1 fully saturated rings. The van der Waals surface area contributed by atoms with Crippen molar-refractivity contribution < 1.29 is 0 Å². The molecular formula is C16H24BrClN2. The molecule has 1 aromatic carbocycles. The lowest BCUT2D eigenvalue weighted by molar-refractivity contribution is 0.163. The van der Waals surface area contributed by atoms with Crippen LogP contribution >= 0.6 is 27.5 Å². The quantitative estimate of drug-likeness (QED) is 0.745.